The highest BCUT2D eigenvalue weighted by Gasteiger charge is 2.17. The van der Waals surface area contributed by atoms with Gasteiger partial charge >= 0.3 is 0 Å². The van der Waals surface area contributed by atoms with E-state index in [0.29, 0.717) is 5.41 Å². The van der Waals surface area contributed by atoms with Gasteiger partial charge in [0.2, 0.25) is 0 Å². The van der Waals surface area contributed by atoms with Crippen LogP contribution in [-0.2, 0) is 6.42 Å². The highest BCUT2D eigenvalue weighted by atomic mass is 14.8. The Balaban J connectivity index is 0.00000122. The first kappa shape index (κ1) is 19.9. The molecule has 0 saturated heterocycles. The smallest absolute Gasteiger partial charge is 0.00437 e. The molecule has 1 rings (SSSR count). The molecule has 0 atom stereocenters. The second-order valence-electron chi connectivity index (χ2n) is 6.59. The predicted octanol–water partition coefficient (Wildman–Crippen LogP) is 5.54. The van der Waals surface area contributed by atoms with Crippen molar-refractivity contribution in [2.45, 2.75) is 60.3 Å². The van der Waals surface area contributed by atoms with Gasteiger partial charge < -0.3 is 5.32 Å². The zero-order valence-electron chi connectivity index (χ0n) is 14.8. The molecule has 120 valence electrons. The molecule has 0 bridgehead atoms. The van der Waals surface area contributed by atoms with Crippen molar-refractivity contribution in [2.24, 2.45) is 5.41 Å². The molecule has 0 unspecified atom stereocenters. The van der Waals surface area contributed by atoms with Crippen LogP contribution in [0, 0.1) is 12.3 Å². The highest BCUT2D eigenvalue weighted by molar-refractivity contribution is 5.22. The standard InChI is InChI=1S/C17H29N.C3H6/c1-5-6-12-18-13-11-17(3,4)14-16-9-7-15(2)8-10-16;1-3-2/h7-10,18H,5-6,11-14H2,1-4H3;3H,1H2,2H3. The van der Waals surface area contributed by atoms with Crippen molar-refractivity contribution in [3.8, 4) is 0 Å². The minimum Gasteiger partial charge on any atom is -0.317 e. The van der Waals surface area contributed by atoms with Crippen LogP contribution in [0.4, 0.5) is 0 Å². The van der Waals surface area contributed by atoms with E-state index in [9.17, 15) is 0 Å². The minimum absolute atomic E-state index is 0.383. The second kappa shape index (κ2) is 11.6. The van der Waals surface area contributed by atoms with Gasteiger partial charge in [-0.15, -0.1) is 6.58 Å². The van der Waals surface area contributed by atoms with Crippen molar-refractivity contribution < 1.29 is 0 Å². The summed E-state index contributed by atoms with van der Waals surface area (Å²) < 4.78 is 0. The van der Waals surface area contributed by atoms with Gasteiger partial charge in [-0.2, -0.15) is 0 Å². The zero-order valence-corrected chi connectivity index (χ0v) is 14.8. The number of aryl methyl sites for hydroxylation is 1. The lowest BCUT2D eigenvalue weighted by molar-refractivity contribution is 0.325. The van der Waals surface area contributed by atoms with E-state index in [1.807, 2.05) is 6.92 Å². The lowest BCUT2D eigenvalue weighted by Crippen LogP contribution is -2.24. The minimum atomic E-state index is 0.383. The van der Waals surface area contributed by atoms with Crippen molar-refractivity contribution in [1.82, 2.24) is 5.32 Å². The third-order valence-corrected chi connectivity index (χ3v) is 3.49. The van der Waals surface area contributed by atoms with E-state index in [2.05, 4.69) is 63.9 Å². The zero-order chi connectivity index (χ0) is 16.1. The van der Waals surface area contributed by atoms with Gasteiger partial charge in [-0.25, -0.2) is 0 Å². The van der Waals surface area contributed by atoms with Gasteiger partial charge in [0.15, 0.2) is 0 Å². The summed E-state index contributed by atoms with van der Waals surface area (Å²) in [6.45, 7) is 16.7. The molecule has 0 aromatic heterocycles. The third kappa shape index (κ3) is 11.3. The Hall–Kier alpha value is -1.08. The Morgan fingerprint density at radius 2 is 1.71 bits per heavy atom. The first-order valence-corrected chi connectivity index (χ1v) is 8.28. The first-order chi connectivity index (χ1) is 9.95. The summed E-state index contributed by atoms with van der Waals surface area (Å²) >= 11 is 0. The van der Waals surface area contributed by atoms with E-state index >= 15 is 0 Å². The van der Waals surface area contributed by atoms with E-state index in [1.165, 1.54) is 36.8 Å². The fourth-order valence-electron chi connectivity index (χ4n) is 2.20. The maximum Gasteiger partial charge on any atom is -0.00437 e. The van der Waals surface area contributed by atoms with Crippen LogP contribution in [0.1, 0.15) is 58.1 Å². The van der Waals surface area contributed by atoms with Gasteiger partial charge in [-0.05, 0) is 57.2 Å². The Bertz CT molecular complexity index is 362. The molecule has 0 radical (unpaired) electrons. The molecule has 21 heavy (non-hydrogen) atoms. The molecule has 1 aromatic carbocycles. The van der Waals surface area contributed by atoms with Gasteiger partial charge in [0.05, 0.1) is 0 Å². The molecule has 1 aromatic rings. The molecule has 0 heterocycles. The molecule has 0 aliphatic heterocycles. The lowest BCUT2D eigenvalue weighted by atomic mass is 9.82. The van der Waals surface area contributed by atoms with Crippen LogP contribution in [0.25, 0.3) is 0 Å². The molecule has 0 aliphatic carbocycles. The highest BCUT2D eigenvalue weighted by Crippen LogP contribution is 2.25. The summed E-state index contributed by atoms with van der Waals surface area (Å²) in [6.07, 6.45) is 6.73. The Morgan fingerprint density at radius 3 is 2.24 bits per heavy atom. The first-order valence-electron chi connectivity index (χ1n) is 8.28. The van der Waals surface area contributed by atoms with Crippen LogP contribution >= 0.6 is 0 Å². The predicted molar refractivity (Wildman–Crippen MR) is 96.9 cm³/mol. The average Bonchev–Trinajstić information content (AvgIpc) is 2.42. The topological polar surface area (TPSA) is 12.0 Å². The normalized spacial score (nSPS) is 10.7. The summed E-state index contributed by atoms with van der Waals surface area (Å²) in [5, 5.41) is 3.54. The lowest BCUT2D eigenvalue weighted by Gasteiger charge is -2.25. The monoisotopic (exact) mass is 289 g/mol. The Morgan fingerprint density at radius 1 is 1.14 bits per heavy atom. The van der Waals surface area contributed by atoms with Crippen molar-refractivity contribution in [3.05, 3.63) is 48.0 Å². The van der Waals surface area contributed by atoms with E-state index < -0.39 is 0 Å². The second-order valence-corrected chi connectivity index (χ2v) is 6.59. The molecule has 1 heteroatoms. The molecule has 1 nitrogen and oxygen atoms in total. The average molecular weight is 290 g/mol. The molecule has 0 spiro atoms. The number of unbranched alkanes of at least 4 members (excludes halogenated alkanes) is 1. The fraction of sp³-hybridized carbons (Fsp3) is 0.600. The van der Waals surface area contributed by atoms with Crippen molar-refractivity contribution in [3.63, 3.8) is 0 Å². The van der Waals surface area contributed by atoms with Crippen LogP contribution in [-0.4, -0.2) is 13.1 Å². The van der Waals surface area contributed by atoms with Crippen LogP contribution in [0.3, 0.4) is 0 Å². The van der Waals surface area contributed by atoms with Crippen LogP contribution in [0.5, 0.6) is 0 Å². The fourth-order valence-corrected chi connectivity index (χ4v) is 2.20. The number of nitrogens with one attached hydrogen (secondary N) is 1. The number of benzene rings is 1. The summed E-state index contributed by atoms with van der Waals surface area (Å²) in [7, 11) is 0. The maximum absolute atomic E-state index is 3.54. The van der Waals surface area contributed by atoms with Crippen LogP contribution in [0.2, 0.25) is 0 Å². The number of hydrogen-bond donors (Lipinski definition) is 1. The van der Waals surface area contributed by atoms with E-state index in [0.717, 1.165) is 13.1 Å². The Labute approximate surface area is 132 Å². The van der Waals surface area contributed by atoms with Gasteiger partial charge in [0.25, 0.3) is 0 Å². The number of rotatable bonds is 8. The summed E-state index contributed by atoms with van der Waals surface area (Å²) in [6, 6.07) is 8.96. The van der Waals surface area contributed by atoms with E-state index in [4.69, 9.17) is 0 Å². The molecule has 0 amide bonds. The van der Waals surface area contributed by atoms with Crippen molar-refractivity contribution in [1.29, 1.82) is 0 Å². The molecule has 0 aliphatic rings. The summed E-state index contributed by atoms with van der Waals surface area (Å²) in [5.41, 5.74) is 3.19. The molecular formula is C20H35N. The van der Waals surface area contributed by atoms with Crippen molar-refractivity contribution >= 4 is 0 Å². The van der Waals surface area contributed by atoms with E-state index in [-0.39, 0.29) is 0 Å². The number of hydrogen-bond acceptors (Lipinski definition) is 1. The largest absolute Gasteiger partial charge is 0.317 e. The van der Waals surface area contributed by atoms with Gasteiger partial charge in [0.1, 0.15) is 0 Å². The van der Waals surface area contributed by atoms with Gasteiger partial charge in [-0.3, -0.25) is 0 Å². The van der Waals surface area contributed by atoms with E-state index in [1.54, 1.807) is 6.08 Å². The Kier molecular flexibility index (Phi) is 11.0. The van der Waals surface area contributed by atoms with Gasteiger partial charge in [-0.1, -0.05) is 63.1 Å². The van der Waals surface area contributed by atoms with Crippen LogP contribution in [0.15, 0.2) is 36.9 Å². The molecule has 0 saturated carbocycles. The summed E-state index contributed by atoms with van der Waals surface area (Å²) in [4.78, 5) is 0. The van der Waals surface area contributed by atoms with Crippen molar-refractivity contribution in [2.75, 3.05) is 13.1 Å². The SMILES string of the molecule is C=CC.CCCCNCCC(C)(C)Cc1ccc(C)cc1. The molecular weight excluding hydrogens is 254 g/mol. The quantitative estimate of drug-likeness (QED) is 0.489. The molecule has 1 N–H and O–H groups in total. The van der Waals surface area contributed by atoms with Gasteiger partial charge in [0, 0.05) is 0 Å². The third-order valence-electron chi connectivity index (χ3n) is 3.49. The number of allylic oxidation sites excluding steroid dienone is 1. The maximum atomic E-state index is 3.54. The van der Waals surface area contributed by atoms with Crippen LogP contribution < -0.4 is 5.32 Å². The molecule has 0 fully saturated rings. The summed E-state index contributed by atoms with van der Waals surface area (Å²) in [5.74, 6) is 0.